The third-order valence-corrected chi connectivity index (χ3v) is 7.08. The van der Waals surface area contributed by atoms with Crippen LogP contribution in [0.4, 0.5) is 11.4 Å². The number of carbonyl (C=O) groups is 2. The van der Waals surface area contributed by atoms with Crippen molar-refractivity contribution in [1.29, 1.82) is 0 Å². The molecule has 39 heavy (non-hydrogen) atoms. The molecule has 0 saturated heterocycles. The lowest BCUT2D eigenvalue weighted by Crippen LogP contribution is -2.47. The van der Waals surface area contributed by atoms with Crippen molar-refractivity contribution in [2.24, 2.45) is 5.41 Å². The zero-order valence-corrected chi connectivity index (χ0v) is 25.7. The molecular weight excluding hydrogens is 580 g/mol. The largest absolute Gasteiger partial charge is 0.313 e. The molecule has 1 aliphatic heterocycles. The van der Waals surface area contributed by atoms with Gasteiger partial charge >= 0.3 is 0 Å². The molecule has 212 valence electrons. The van der Waals surface area contributed by atoms with Crippen LogP contribution in [0.5, 0.6) is 0 Å². The van der Waals surface area contributed by atoms with E-state index in [1.165, 1.54) is 0 Å². The third-order valence-electron chi connectivity index (χ3n) is 6.71. The van der Waals surface area contributed by atoms with Crippen LogP contribution in [-0.4, -0.2) is 46.8 Å². The Morgan fingerprint density at radius 1 is 0.897 bits per heavy atom. The molecule has 2 amide bonds. The van der Waals surface area contributed by atoms with Gasteiger partial charge in [-0.15, -0.1) is 37.2 Å². The van der Waals surface area contributed by atoms with Crippen LogP contribution in [0.1, 0.15) is 37.5 Å². The van der Waals surface area contributed by atoms with Crippen LogP contribution in [0, 0.1) is 5.41 Å². The minimum absolute atomic E-state index is 0. The second-order valence-electron chi connectivity index (χ2n) is 9.65. The first kappa shape index (κ1) is 34.6. The normalized spacial score (nSPS) is 14.1. The Hall–Kier alpha value is -2.42. The average Bonchev–Trinajstić information content (AvgIpc) is 2.93. The Kier molecular flexibility index (Phi) is 13.2. The molecule has 3 aromatic rings. The van der Waals surface area contributed by atoms with E-state index in [2.05, 4.69) is 20.9 Å². The van der Waals surface area contributed by atoms with E-state index in [4.69, 9.17) is 11.6 Å². The van der Waals surface area contributed by atoms with Crippen molar-refractivity contribution < 1.29 is 9.59 Å². The summed E-state index contributed by atoms with van der Waals surface area (Å²) in [7, 11) is 1.74. The first-order valence-electron chi connectivity index (χ1n) is 12.1. The number of hydrogen-bond donors (Lipinski definition) is 0. The Morgan fingerprint density at radius 3 is 2.26 bits per heavy atom. The topological polar surface area (TPSA) is 69.6 Å². The highest BCUT2D eigenvalue weighted by atomic mass is 35.5. The monoisotopic (exact) mass is 613 g/mol. The van der Waals surface area contributed by atoms with Gasteiger partial charge in [0.15, 0.2) is 0 Å². The highest BCUT2D eigenvalue weighted by molar-refractivity contribution is 6.31. The van der Waals surface area contributed by atoms with Gasteiger partial charge in [0.05, 0.1) is 11.4 Å². The van der Waals surface area contributed by atoms with Crippen LogP contribution in [0.15, 0.2) is 61.2 Å². The van der Waals surface area contributed by atoms with E-state index in [0.29, 0.717) is 24.7 Å². The molecule has 0 fully saturated rings. The van der Waals surface area contributed by atoms with Crippen molar-refractivity contribution in [1.82, 2.24) is 14.9 Å². The molecule has 0 aliphatic carbocycles. The summed E-state index contributed by atoms with van der Waals surface area (Å²) in [6.45, 7) is 7.87. The Balaban J connectivity index is 0.00000253. The summed E-state index contributed by atoms with van der Waals surface area (Å²) < 4.78 is 0. The van der Waals surface area contributed by atoms with Gasteiger partial charge < -0.3 is 9.80 Å². The van der Waals surface area contributed by atoms with Gasteiger partial charge in [-0.3, -0.25) is 24.5 Å². The molecule has 0 radical (unpaired) electrons. The fraction of sp³-hybridized carbons (Fsp3) is 0.357. The zero-order valence-electron chi connectivity index (χ0n) is 22.5. The molecule has 11 heteroatoms. The molecule has 2 aromatic heterocycles. The number of amides is 2. The summed E-state index contributed by atoms with van der Waals surface area (Å²) in [6.07, 6.45) is 7.98. The molecular formula is C28H35Cl4N5O2. The van der Waals surface area contributed by atoms with Crippen LogP contribution >= 0.6 is 48.8 Å². The van der Waals surface area contributed by atoms with Gasteiger partial charge in [0.1, 0.15) is 5.41 Å². The van der Waals surface area contributed by atoms with E-state index >= 15 is 0 Å². The number of fused-ring (bicyclic) bond motifs is 1. The van der Waals surface area contributed by atoms with E-state index in [-0.39, 0.29) is 49.0 Å². The highest BCUT2D eigenvalue weighted by Crippen LogP contribution is 2.39. The van der Waals surface area contributed by atoms with Gasteiger partial charge in [-0.25, -0.2) is 0 Å². The number of halogens is 4. The second-order valence-corrected chi connectivity index (χ2v) is 10.1. The van der Waals surface area contributed by atoms with Gasteiger partial charge in [-0.2, -0.15) is 0 Å². The minimum atomic E-state index is -1.13. The molecule has 0 N–H and O–H groups in total. The fourth-order valence-corrected chi connectivity index (χ4v) is 4.78. The summed E-state index contributed by atoms with van der Waals surface area (Å²) in [4.78, 5) is 40.5. The van der Waals surface area contributed by atoms with Crippen LogP contribution < -0.4 is 9.80 Å². The zero-order chi connectivity index (χ0) is 25.9. The maximum absolute atomic E-state index is 13.2. The molecule has 0 atom stereocenters. The molecule has 1 aromatic carbocycles. The number of pyridine rings is 2. The molecule has 0 bridgehead atoms. The number of carbonyl (C=O) groups excluding carboxylic acids is 2. The lowest BCUT2D eigenvalue weighted by Gasteiger charge is -2.27. The van der Waals surface area contributed by atoms with Crippen molar-refractivity contribution in [3.8, 4) is 0 Å². The summed E-state index contributed by atoms with van der Waals surface area (Å²) in [5, 5.41) is 0.683. The van der Waals surface area contributed by atoms with Crippen LogP contribution in [0.3, 0.4) is 0 Å². The highest BCUT2D eigenvalue weighted by Gasteiger charge is 2.45. The maximum Gasteiger partial charge on any atom is 0.242 e. The van der Waals surface area contributed by atoms with Gasteiger partial charge in [0, 0.05) is 68.6 Å². The van der Waals surface area contributed by atoms with Gasteiger partial charge in [0.25, 0.3) is 0 Å². The first-order chi connectivity index (χ1) is 17.2. The molecule has 0 spiro atoms. The summed E-state index contributed by atoms with van der Waals surface area (Å²) in [5.41, 5.74) is 3.53. The van der Waals surface area contributed by atoms with Crippen molar-refractivity contribution in [3.63, 3.8) is 0 Å². The number of anilines is 2. The number of aromatic nitrogens is 2. The summed E-state index contributed by atoms with van der Waals surface area (Å²) in [6, 6.07) is 11.8. The van der Waals surface area contributed by atoms with Crippen molar-refractivity contribution in [2.75, 3.05) is 29.9 Å². The van der Waals surface area contributed by atoms with Gasteiger partial charge in [-0.1, -0.05) is 23.7 Å². The van der Waals surface area contributed by atoms with E-state index in [9.17, 15) is 9.59 Å². The molecule has 4 rings (SSSR count). The lowest BCUT2D eigenvalue weighted by atomic mass is 9.90. The second kappa shape index (κ2) is 14.8. The van der Waals surface area contributed by atoms with Crippen molar-refractivity contribution in [2.45, 2.75) is 40.3 Å². The number of nitrogens with zero attached hydrogens (tertiary/aromatic N) is 5. The van der Waals surface area contributed by atoms with Gasteiger partial charge in [0.2, 0.25) is 11.8 Å². The molecule has 3 heterocycles. The Morgan fingerprint density at radius 2 is 1.62 bits per heavy atom. The predicted molar refractivity (Wildman–Crippen MR) is 165 cm³/mol. The Bertz CT molecular complexity index is 1260. The standard InChI is InChI=1S/C28H32ClN5O2.3ClH/c1-5-34-24-9-8-21(15-25(24)32(4)26(35)28(2,3)27(34)36)18-33(14-11-20-7-6-12-30-16-20)19-22-17-31-13-10-23(22)29;;;/h6-10,12-13,15-17H,5,11,14,18-19H2,1-4H3;3*1H. The number of benzene rings is 1. The summed E-state index contributed by atoms with van der Waals surface area (Å²) >= 11 is 6.45. The summed E-state index contributed by atoms with van der Waals surface area (Å²) in [5.74, 6) is -0.393. The maximum atomic E-state index is 13.2. The van der Waals surface area contributed by atoms with Crippen molar-refractivity contribution in [3.05, 3.63) is 82.9 Å². The first-order valence-corrected chi connectivity index (χ1v) is 12.5. The van der Waals surface area contributed by atoms with Crippen LogP contribution in [0.2, 0.25) is 5.02 Å². The quantitative estimate of drug-likeness (QED) is 0.291. The van der Waals surface area contributed by atoms with Gasteiger partial charge in [-0.05, 0) is 62.6 Å². The fourth-order valence-electron chi connectivity index (χ4n) is 4.62. The number of hydrogen-bond acceptors (Lipinski definition) is 5. The lowest BCUT2D eigenvalue weighted by molar-refractivity contribution is -0.137. The average molecular weight is 615 g/mol. The van der Waals surface area contributed by atoms with E-state index < -0.39 is 5.41 Å². The van der Waals surface area contributed by atoms with Crippen molar-refractivity contribution >= 4 is 72.0 Å². The number of rotatable bonds is 8. The van der Waals surface area contributed by atoms with Crippen LogP contribution in [0.25, 0.3) is 0 Å². The van der Waals surface area contributed by atoms with E-state index in [0.717, 1.165) is 41.0 Å². The molecule has 1 aliphatic rings. The SMILES string of the molecule is CCN1C(=O)C(C)(C)C(=O)N(C)c2cc(CN(CCc3cccnc3)Cc3cnccc3Cl)ccc21.Cl.Cl.Cl. The molecule has 7 nitrogen and oxygen atoms in total. The smallest absolute Gasteiger partial charge is 0.242 e. The molecule has 0 unspecified atom stereocenters. The molecule has 0 saturated carbocycles. The minimum Gasteiger partial charge on any atom is -0.313 e. The Labute approximate surface area is 254 Å². The van der Waals surface area contributed by atoms with E-state index in [1.54, 1.807) is 55.4 Å². The van der Waals surface area contributed by atoms with Crippen LogP contribution in [-0.2, 0) is 29.1 Å². The van der Waals surface area contributed by atoms with E-state index in [1.807, 2.05) is 37.4 Å². The predicted octanol–water partition coefficient (Wildman–Crippen LogP) is 6.00. The third kappa shape index (κ3) is 7.62.